The summed E-state index contributed by atoms with van der Waals surface area (Å²) in [5.41, 5.74) is 5.19. The Morgan fingerprint density at radius 1 is 1.31 bits per heavy atom. The van der Waals surface area contributed by atoms with Gasteiger partial charge in [-0.3, -0.25) is 4.79 Å². The minimum atomic E-state index is -3.27. The third-order valence-corrected chi connectivity index (χ3v) is 4.67. The Labute approximate surface area is 101 Å². The lowest BCUT2D eigenvalue weighted by Crippen LogP contribution is -2.40. The Kier molecular flexibility index (Phi) is 5.01. The number of alkyl halides is 1. The molecule has 0 radical (unpaired) electrons. The van der Waals surface area contributed by atoms with Crippen LogP contribution in [0.1, 0.15) is 25.7 Å². The molecule has 94 valence electrons. The molecule has 0 heterocycles. The van der Waals surface area contributed by atoms with Gasteiger partial charge in [0, 0.05) is 17.8 Å². The van der Waals surface area contributed by atoms with E-state index in [-0.39, 0.29) is 29.5 Å². The summed E-state index contributed by atoms with van der Waals surface area (Å²) < 4.78 is 25.4. The maximum atomic E-state index is 11.4. The standard InChI is InChI=1S/C9H17ClN2O3S/c10-5-6-16(14,15)12-8-3-1-7(2-4-8)9(11)13/h7-8,12H,1-6H2,(H2,11,13). The number of halogens is 1. The number of rotatable bonds is 5. The van der Waals surface area contributed by atoms with Crippen molar-refractivity contribution in [2.24, 2.45) is 11.7 Å². The molecule has 16 heavy (non-hydrogen) atoms. The van der Waals surface area contributed by atoms with Gasteiger partial charge in [0.05, 0.1) is 5.75 Å². The molecule has 3 N–H and O–H groups in total. The Morgan fingerprint density at radius 2 is 1.88 bits per heavy atom. The molecule has 0 aliphatic heterocycles. The molecule has 0 bridgehead atoms. The first-order valence-corrected chi connectivity index (χ1v) is 7.48. The van der Waals surface area contributed by atoms with Crippen molar-refractivity contribution in [3.8, 4) is 0 Å². The second-order valence-corrected chi connectivity index (χ2v) is 6.33. The van der Waals surface area contributed by atoms with Gasteiger partial charge in [-0.1, -0.05) is 0 Å². The molecule has 1 saturated carbocycles. The summed E-state index contributed by atoms with van der Waals surface area (Å²) in [5, 5.41) is 0. The fourth-order valence-corrected chi connectivity index (χ4v) is 3.58. The van der Waals surface area contributed by atoms with Crippen LogP contribution in [-0.4, -0.2) is 32.0 Å². The van der Waals surface area contributed by atoms with Gasteiger partial charge in [0.2, 0.25) is 15.9 Å². The van der Waals surface area contributed by atoms with Gasteiger partial charge in [-0.05, 0) is 25.7 Å². The summed E-state index contributed by atoms with van der Waals surface area (Å²) in [4.78, 5) is 10.9. The van der Waals surface area contributed by atoms with Gasteiger partial charge in [-0.15, -0.1) is 11.6 Å². The lowest BCUT2D eigenvalue weighted by molar-refractivity contribution is -0.122. The van der Waals surface area contributed by atoms with Crippen LogP contribution in [0, 0.1) is 5.92 Å². The minimum absolute atomic E-state index is 0.0652. The quantitative estimate of drug-likeness (QED) is 0.698. The van der Waals surface area contributed by atoms with Crippen LogP contribution in [0.15, 0.2) is 0 Å². The first-order valence-electron chi connectivity index (χ1n) is 5.30. The van der Waals surface area contributed by atoms with Gasteiger partial charge >= 0.3 is 0 Å². The maximum absolute atomic E-state index is 11.4. The van der Waals surface area contributed by atoms with Crippen LogP contribution >= 0.6 is 11.6 Å². The molecule has 0 spiro atoms. The normalized spacial score (nSPS) is 26.6. The molecule has 5 nitrogen and oxygen atoms in total. The monoisotopic (exact) mass is 268 g/mol. The Hall–Kier alpha value is -0.330. The van der Waals surface area contributed by atoms with Gasteiger partial charge in [-0.25, -0.2) is 13.1 Å². The molecular weight excluding hydrogens is 252 g/mol. The second-order valence-electron chi connectivity index (χ2n) is 4.08. The van der Waals surface area contributed by atoms with E-state index in [0.29, 0.717) is 25.7 Å². The van der Waals surface area contributed by atoms with Crippen LogP contribution in [0.4, 0.5) is 0 Å². The Bertz CT molecular complexity index is 337. The van der Waals surface area contributed by atoms with Crippen molar-refractivity contribution < 1.29 is 13.2 Å². The number of amides is 1. The molecule has 1 aliphatic carbocycles. The molecular formula is C9H17ClN2O3S. The lowest BCUT2D eigenvalue weighted by Gasteiger charge is -2.26. The van der Waals surface area contributed by atoms with E-state index in [1.807, 2.05) is 0 Å². The summed E-state index contributed by atoms with van der Waals surface area (Å²) in [6, 6.07) is -0.0798. The van der Waals surface area contributed by atoms with Crippen LogP contribution in [0.3, 0.4) is 0 Å². The number of nitrogens with one attached hydrogen (secondary N) is 1. The summed E-state index contributed by atoms with van der Waals surface area (Å²) in [7, 11) is -3.27. The molecule has 1 fully saturated rings. The molecule has 1 amide bonds. The van der Waals surface area contributed by atoms with E-state index in [1.165, 1.54) is 0 Å². The fourth-order valence-electron chi connectivity index (χ4n) is 1.91. The SMILES string of the molecule is NC(=O)C1CCC(NS(=O)(=O)CCCl)CC1. The number of hydrogen-bond donors (Lipinski definition) is 2. The zero-order valence-electron chi connectivity index (χ0n) is 8.99. The number of carbonyl (C=O) groups excluding carboxylic acids is 1. The molecule has 1 aliphatic rings. The highest BCUT2D eigenvalue weighted by Gasteiger charge is 2.26. The largest absolute Gasteiger partial charge is 0.369 e. The van der Waals surface area contributed by atoms with Crippen molar-refractivity contribution in [2.75, 3.05) is 11.6 Å². The zero-order valence-corrected chi connectivity index (χ0v) is 10.6. The van der Waals surface area contributed by atoms with Crippen LogP contribution in [0.2, 0.25) is 0 Å². The zero-order chi connectivity index (χ0) is 12.2. The first kappa shape index (κ1) is 13.7. The fraction of sp³-hybridized carbons (Fsp3) is 0.889. The molecule has 0 saturated heterocycles. The first-order chi connectivity index (χ1) is 7.44. The molecule has 0 aromatic carbocycles. The maximum Gasteiger partial charge on any atom is 0.220 e. The van der Waals surface area contributed by atoms with E-state index in [4.69, 9.17) is 17.3 Å². The van der Waals surface area contributed by atoms with Gasteiger partial charge in [0.25, 0.3) is 0 Å². The number of sulfonamides is 1. The van der Waals surface area contributed by atoms with E-state index < -0.39 is 10.0 Å². The van der Waals surface area contributed by atoms with Gasteiger partial charge in [0.1, 0.15) is 0 Å². The van der Waals surface area contributed by atoms with Crippen LogP contribution < -0.4 is 10.5 Å². The van der Waals surface area contributed by atoms with Crippen LogP contribution in [0.25, 0.3) is 0 Å². The van der Waals surface area contributed by atoms with E-state index in [9.17, 15) is 13.2 Å². The Morgan fingerprint density at radius 3 is 2.31 bits per heavy atom. The van der Waals surface area contributed by atoms with E-state index in [2.05, 4.69) is 4.72 Å². The van der Waals surface area contributed by atoms with Crippen molar-refractivity contribution in [2.45, 2.75) is 31.7 Å². The van der Waals surface area contributed by atoms with Gasteiger partial charge < -0.3 is 5.73 Å². The summed E-state index contributed by atoms with van der Waals surface area (Å²) in [6.07, 6.45) is 2.64. The van der Waals surface area contributed by atoms with Gasteiger partial charge in [-0.2, -0.15) is 0 Å². The number of nitrogens with two attached hydrogens (primary N) is 1. The van der Waals surface area contributed by atoms with Crippen molar-refractivity contribution in [3.05, 3.63) is 0 Å². The third kappa shape index (κ3) is 4.27. The predicted octanol–water partition coefficient (Wildman–Crippen LogP) is 0.189. The smallest absolute Gasteiger partial charge is 0.220 e. The molecule has 0 atom stereocenters. The summed E-state index contributed by atoms with van der Waals surface area (Å²) in [6.45, 7) is 0. The van der Waals surface area contributed by atoms with Crippen molar-refractivity contribution in [3.63, 3.8) is 0 Å². The van der Waals surface area contributed by atoms with Crippen molar-refractivity contribution in [1.82, 2.24) is 4.72 Å². The Balaban J connectivity index is 2.40. The topological polar surface area (TPSA) is 89.3 Å². The lowest BCUT2D eigenvalue weighted by atomic mass is 9.86. The van der Waals surface area contributed by atoms with Crippen LogP contribution in [-0.2, 0) is 14.8 Å². The van der Waals surface area contributed by atoms with Gasteiger partial charge in [0.15, 0.2) is 0 Å². The number of carbonyl (C=O) groups is 1. The van der Waals surface area contributed by atoms with E-state index >= 15 is 0 Å². The molecule has 1 rings (SSSR count). The van der Waals surface area contributed by atoms with Crippen molar-refractivity contribution in [1.29, 1.82) is 0 Å². The average Bonchev–Trinajstić information content (AvgIpc) is 2.17. The molecule has 0 aromatic rings. The number of primary amides is 1. The second kappa shape index (κ2) is 5.84. The molecule has 0 aromatic heterocycles. The average molecular weight is 269 g/mol. The summed E-state index contributed by atoms with van der Waals surface area (Å²) >= 11 is 5.39. The molecule has 7 heteroatoms. The predicted molar refractivity (Wildman–Crippen MR) is 62.6 cm³/mol. The highest BCUT2D eigenvalue weighted by atomic mass is 35.5. The molecule has 0 unspecified atom stereocenters. The minimum Gasteiger partial charge on any atom is -0.369 e. The summed E-state index contributed by atoms with van der Waals surface area (Å²) in [5.74, 6) is -0.369. The number of hydrogen-bond acceptors (Lipinski definition) is 3. The van der Waals surface area contributed by atoms with Crippen molar-refractivity contribution >= 4 is 27.5 Å². The van der Waals surface area contributed by atoms with E-state index in [0.717, 1.165) is 0 Å². The highest BCUT2D eigenvalue weighted by Crippen LogP contribution is 2.24. The van der Waals surface area contributed by atoms with Crippen LogP contribution in [0.5, 0.6) is 0 Å². The van der Waals surface area contributed by atoms with E-state index in [1.54, 1.807) is 0 Å². The third-order valence-electron chi connectivity index (χ3n) is 2.82. The highest BCUT2D eigenvalue weighted by molar-refractivity contribution is 7.89.